The summed E-state index contributed by atoms with van der Waals surface area (Å²) >= 11 is 1.56. The minimum atomic E-state index is -0.116. The van der Waals surface area contributed by atoms with Crippen molar-refractivity contribution in [2.45, 2.75) is 26.2 Å². The van der Waals surface area contributed by atoms with Gasteiger partial charge in [0.25, 0.3) is 5.91 Å². The van der Waals surface area contributed by atoms with E-state index in [2.05, 4.69) is 12.2 Å². The molecule has 1 atom stereocenters. The van der Waals surface area contributed by atoms with E-state index in [0.717, 1.165) is 36.3 Å². The normalized spacial score (nSPS) is 16.9. The Kier molecular flexibility index (Phi) is 4.07. The lowest BCUT2D eigenvalue weighted by Crippen LogP contribution is -2.17. The molecule has 0 radical (unpaired) electrons. The van der Waals surface area contributed by atoms with Crippen molar-refractivity contribution in [3.05, 3.63) is 40.3 Å². The number of anilines is 2. The summed E-state index contributed by atoms with van der Waals surface area (Å²) in [6.45, 7) is 2.25. The second-order valence-corrected chi connectivity index (χ2v) is 6.91. The van der Waals surface area contributed by atoms with E-state index in [-0.39, 0.29) is 5.91 Å². The molecule has 0 spiro atoms. The molecule has 5 heteroatoms. The minimum Gasteiger partial charge on any atom is -0.497 e. The molecule has 22 heavy (non-hydrogen) atoms. The van der Waals surface area contributed by atoms with Gasteiger partial charge in [0.15, 0.2) is 0 Å². The summed E-state index contributed by atoms with van der Waals surface area (Å²) in [5.74, 6) is 1.32. The molecule has 0 fully saturated rings. The minimum absolute atomic E-state index is 0.116. The topological polar surface area (TPSA) is 64.3 Å². The number of fused-ring (bicyclic) bond motifs is 1. The molecule has 116 valence electrons. The summed E-state index contributed by atoms with van der Waals surface area (Å²) in [4.78, 5) is 13.9. The van der Waals surface area contributed by atoms with Crippen LogP contribution in [0.1, 0.15) is 34.1 Å². The van der Waals surface area contributed by atoms with Gasteiger partial charge in [0.2, 0.25) is 0 Å². The molecule has 1 aliphatic rings. The lowest BCUT2D eigenvalue weighted by atomic mass is 9.88. The maximum absolute atomic E-state index is 12.6. The van der Waals surface area contributed by atoms with E-state index in [1.165, 1.54) is 4.88 Å². The summed E-state index contributed by atoms with van der Waals surface area (Å²) in [6, 6.07) is 7.30. The predicted octanol–water partition coefficient (Wildman–Crippen LogP) is 3.72. The molecule has 3 N–H and O–H groups in total. The average molecular weight is 316 g/mol. The van der Waals surface area contributed by atoms with Crippen molar-refractivity contribution >= 4 is 27.9 Å². The Morgan fingerprint density at radius 2 is 2.09 bits per heavy atom. The molecule has 4 nitrogen and oxygen atoms in total. The molecule has 1 aromatic carbocycles. The third-order valence-corrected chi connectivity index (χ3v) is 5.20. The van der Waals surface area contributed by atoms with Gasteiger partial charge in [-0.25, -0.2) is 0 Å². The Balaban J connectivity index is 1.83. The molecule has 0 saturated carbocycles. The summed E-state index contributed by atoms with van der Waals surface area (Å²) in [5.41, 5.74) is 8.66. The van der Waals surface area contributed by atoms with Crippen LogP contribution >= 0.6 is 11.3 Å². The summed E-state index contributed by atoms with van der Waals surface area (Å²) in [6.07, 6.45) is 3.08. The average Bonchev–Trinajstić information content (AvgIpc) is 2.83. The van der Waals surface area contributed by atoms with Crippen molar-refractivity contribution in [2.75, 3.05) is 18.2 Å². The SMILES string of the molecule is COc1ccc(NC(=O)c2c(N)sc3c2CC[C@H](C)C3)cc1. The van der Waals surface area contributed by atoms with Crippen LogP contribution in [-0.2, 0) is 12.8 Å². The first kappa shape index (κ1) is 14.9. The van der Waals surface area contributed by atoms with Crippen molar-refractivity contribution in [3.8, 4) is 5.75 Å². The van der Waals surface area contributed by atoms with Crippen LogP contribution in [0.2, 0.25) is 0 Å². The van der Waals surface area contributed by atoms with Gasteiger partial charge in [0.05, 0.1) is 17.7 Å². The molecular formula is C17H20N2O2S. The van der Waals surface area contributed by atoms with Gasteiger partial charge in [0.1, 0.15) is 5.75 Å². The summed E-state index contributed by atoms with van der Waals surface area (Å²) in [7, 11) is 1.62. The number of hydrogen-bond acceptors (Lipinski definition) is 4. The number of amides is 1. The Bertz CT molecular complexity index is 691. The predicted molar refractivity (Wildman–Crippen MR) is 90.9 cm³/mol. The standard InChI is InChI=1S/C17H20N2O2S/c1-10-3-8-13-14(9-10)22-16(18)15(13)17(20)19-11-4-6-12(21-2)7-5-11/h4-7,10H,3,8-9,18H2,1-2H3,(H,19,20)/t10-/m0/s1. The molecular weight excluding hydrogens is 296 g/mol. The fourth-order valence-electron chi connectivity index (χ4n) is 2.89. The van der Waals surface area contributed by atoms with E-state index in [4.69, 9.17) is 10.5 Å². The number of carbonyl (C=O) groups excluding carboxylic acids is 1. The van der Waals surface area contributed by atoms with Crippen LogP contribution < -0.4 is 15.8 Å². The largest absolute Gasteiger partial charge is 0.497 e. The van der Waals surface area contributed by atoms with Gasteiger partial charge < -0.3 is 15.8 Å². The number of rotatable bonds is 3. The molecule has 2 aromatic rings. The second kappa shape index (κ2) is 6.01. The van der Waals surface area contributed by atoms with Gasteiger partial charge in [-0.3, -0.25) is 4.79 Å². The Morgan fingerprint density at radius 3 is 2.77 bits per heavy atom. The Hall–Kier alpha value is -2.01. The van der Waals surface area contributed by atoms with Gasteiger partial charge in [-0.2, -0.15) is 0 Å². The van der Waals surface area contributed by atoms with Crippen LogP contribution in [0.3, 0.4) is 0 Å². The van der Waals surface area contributed by atoms with E-state index in [1.807, 2.05) is 24.3 Å². The summed E-state index contributed by atoms with van der Waals surface area (Å²) in [5, 5.41) is 3.56. The second-order valence-electron chi connectivity index (χ2n) is 5.77. The molecule has 3 rings (SSSR count). The molecule has 0 bridgehead atoms. The van der Waals surface area contributed by atoms with Crippen LogP contribution in [0.15, 0.2) is 24.3 Å². The molecule has 0 unspecified atom stereocenters. The van der Waals surface area contributed by atoms with Crippen molar-refractivity contribution in [1.82, 2.24) is 0 Å². The molecule has 1 aliphatic carbocycles. The van der Waals surface area contributed by atoms with E-state index >= 15 is 0 Å². The van der Waals surface area contributed by atoms with Crippen LogP contribution in [-0.4, -0.2) is 13.0 Å². The highest BCUT2D eigenvalue weighted by Gasteiger charge is 2.26. The number of nitrogen functional groups attached to an aromatic ring is 1. The van der Waals surface area contributed by atoms with Gasteiger partial charge >= 0.3 is 0 Å². The third kappa shape index (κ3) is 2.81. The number of ether oxygens (including phenoxy) is 1. The first-order valence-corrected chi connectivity index (χ1v) is 8.25. The van der Waals surface area contributed by atoms with Gasteiger partial charge in [-0.15, -0.1) is 11.3 Å². The monoisotopic (exact) mass is 316 g/mol. The van der Waals surface area contributed by atoms with Gasteiger partial charge in [-0.05, 0) is 55.0 Å². The number of methoxy groups -OCH3 is 1. The highest BCUT2D eigenvalue weighted by Crippen LogP contribution is 2.38. The molecule has 0 aliphatic heterocycles. The zero-order chi connectivity index (χ0) is 15.7. The van der Waals surface area contributed by atoms with Crippen LogP contribution in [0.5, 0.6) is 5.75 Å². The number of nitrogens with two attached hydrogens (primary N) is 1. The first-order chi connectivity index (χ1) is 10.6. The molecule has 0 saturated heterocycles. The highest BCUT2D eigenvalue weighted by atomic mass is 32.1. The van der Waals surface area contributed by atoms with Crippen molar-refractivity contribution in [2.24, 2.45) is 5.92 Å². The van der Waals surface area contributed by atoms with E-state index in [0.29, 0.717) is 16.5 Å². The Labute approximate surface area is 134 Å². The fraction of sp³-hybridized carbons (Fsp3) is 0.353. The first-order valence-electron chi connectivity index (χ1n) is 7.44. The van der Waals surface area contributed by atoms with Crippen molar-refractivity contribution < 1.29 is 9.53 Å². The van der Waals surface area contributed by atoms with E-state index < -0.39 is 0 Å². The maximum atomic E-state index is 12.6. The number of thiophene rings is 1. The molecule has 1 heterocycles. The zero-order valence-electron chi connectivity index (χ0n) is 12.8. The van der Waals surface area contributed by atoms with E-state index in [1.54, 1.807) is 18.4 Å². The lowest BCUT2D eigenvalue weighted by molar-refractivity contribution is 0.102. The van der Waals surface area contributed by atoms with Gasteiger partial charge in [0, 0.05) is 10.6 Å². The third-order valence-electron chi connectivity index (χ3n) is 4.11. The van der Waals surface area contributed by atoms with Crippen molar-refractivity contribution in [1.29, 1.82) is 0 Å². The van der Waals surface area contributed by atoms with Crippen molar-refractivity contribution in [3.63, 3.8) is 0 Å². The maximum Gasteiger partial charge on any atom is 0.258 e. The van der Waals surface area contributed by atoms with E-state index in [9.17, 15) is 4.79 Å². The Morgan fingerprint density at radius 1 is 1.36 bits per heavy atom. The highest BCUT2D eigenvalue weighted by molar-refractivity contribution is 7.16. The lowest BCUT2D eigenvalue weighted by Gasteiger charge is -2.18. The fourth-order valence-corrected chi connectivity index (χ4v) is 4.17. The van der Waals surface area contributed by atoms with Crippen LogP contribution in [0.25, 0.3) is 0 Å². The van der Waals surface area contributed by atoms with Gasteiger partial charge in [-0.1, -0.05) is 6.92 Å². The van der Waals surface area contributed by atoms with Crippen LogP contribution in [0, 0.1) is 5.92 Å². The summed E-state index contributed by atoms with van der Waals surface area (Å²) < 4.78 is 5.12. The quantitative estimate of drug-likeness (QED) is 0.907. The van der Waals surface area contributed by atoms with Crippen LogP contribution in [0.4, 0.5) is 10.7 Å². The molecule has 1 aromatic heterocycles. The smallest absolute Gasteiger partial charge is 0.258 e. The number of hydrogen-bond donors (Lipinski definition) is 2. The number of benzene rings is 1. The number of carbonyl (C=O) groups is 1. The number of nitrogens with one attached hydrogen (secondary N) is 1. The molecule has 1 amide bonds. The zero-order valence-corrected chi connectivity index (χ0v) is 13.6.